The number of esters is 1. The van der Waals surface area contributed by atoms with E-state index in [1.807, 2.05) is 50.2 Å². The van der Waals surface area contributed by atoms with Crippen LogP contribution in [0.5, 0.6) is 5.75 Å². The summed E-state index contributed by atoms with van der Waals surface area (Å²) < 4.78 is 10.1. The molecule has 0 saturated carbocycles. The van der Waals surface area contributed by atoms with Crippen molar-refractivity contribution in [2.75, 3.05) is 30.9 Å². The molecule has 3 rings (SSSR count). The van der Waals surface area contributed by atoms with Crippen molar-refractivity contribution in [1.29, 1.82) is 0 Å². The molecule has 8 nitrogen and oxygen atoms in total. The van der Waals surface area contributed by atoms with E-state index < -0.39 is 6.04 Å². The number of carbonyl (C=O) groups excluding carboxylic acids is 3. The number of nitrogens with one attached hydrogen (secondary N) is 3. The maximum atomic E-state index is 13.3. The monoisotopic (exact) mass is 505 g/mol. The fourth-order valence-corrected chi connectivity index (χ4v) is 3.86. The fraction of sp³-hybridized carbons (Fsp3) is 0.345. The molecule has 3 N–H and O–H groups in total. The van der Waals surface area contributed by atoms with Gasteiger partial charge in [-0.3, -0.25) is 14.4 Å². The van der Waals surface area contributed by atoms with Crippen LogP contribution >= 0.6 is 0 Å². The van der Waals surface area contributed by atoms with Gasteiger partial charge >= 0.3 is 5.97 Å². The molecular formula is C29H35N3O5. The Balaban J connectivity index is 1.64. The van der Waals surface area contributed by atoms with E-state index in [0.717, 1.165) is 28.6 Å². The van der Waals surface area contributed by atoms with Crippen LogP contribution < -0.4 is 20.7 Å². The molecule has 0 aliphatic heterocycles. The Morgan fingerprint density at radius 2 is 1.57 bits per heavy atom. The number of rotatable bonds is 12. The van der Waals surface area contributed by atoms with Crippen molar-refractivity contribution >= 4 is 39.9 Å². The van der Waals surface area contributed by atoms with Crippen LogP contribution in [0.4, 0.5) is 11.4 Å². The van der Waals surface area contributed by atoms with Crippen LogP contribution in [0.15, 0.2) is 60.7 Å². The van der Waals surface area contributed by atoms with Gasteiger partial charge in [0.1, 0.15) is 11.8 Å². The number of hydrogen-bond donors (Lipinski definition) is 3. The quantitative estimate of drug-likeness (QED) is 0.299. The normalized spacial score (nSPS) is 12.3. The minimum Gasteiger partial charge on any atom is -0.497 e. The Hall–Kier alpha value is -4.07. The van der Waals surface area contributed by atoms with Crippen molar-refractivity contribution in [1.82, 2.24) is 5.32 Å². The number of hydrogen-bond acceptors (Lipinski definition) is 6. The summed E-state index contributed by atoms with van der Waals surface area (Å²) in [6.07, 6.45) is 0.930. The van der Waals surface area contributed by atoms with Crippen LogP contribution in [0.2, 0.25) is 0 Å². The highest BCUT2D eigenvalue weighted by atomic mass is 16.5. The van der Waals surface area contributed by atoms with Crippen molar-refractivity contribution in [2.24, 2.45) is 5.92 Å². The van der Waals surface area contributed by atoms with E-state index in [1.165, 1.54) is 0 Å². The minimum atomic E-state index is -0.471. The smallest absolute Gasteiger partial charge is 0.307 e. The third-order valence-corrected chi connectivity index (χ3v) is 6.20. The Morgan fingerprint density at radius 3 is 2.24 bits per heavy atom. The zero-order chi connectivity index (χ0) is 26.8. The van der Waals surface area contributed by atoms with Gasteiger partial charge in [-0.1, -0.05) is 32.4 Å². The number of benzene rings is 3. The molecule has 2 unspecified atom stereocenters. The van der Waals surface area contributed by atoms with E-state index in [2.05, 4.69) is 16.0 Å². The van der Waals surface area contributed by atoms with Crippen molar-refractivity contribution in [3.63, 3.8) is 0 Å². The summed E-state index contributed by atoms with van der Waals surface area (Å²) in [5.41, 5.74) is 1.91. The molecular weight excluding hydrogens is 470 g/mol. The van der Waals surface area contributed by atoms with E-state index in [-0.39, 0.29) is 36.7 Å². The second kappa shape index (κ2) is 13.3. The van der Waals surface area contributed by atoms with Gasteiger partial charge in [0.25, 0.3) is 5.91 Å². The lowest BCUT2D eigenvalue weighted by atomic mass is 9.97. The molecule has 2 atom stereocenters. The molecule has 0 bridgehead atoms. The Kier molecular flexibility index (Phi) is 9.89. The fourth-order valence-electron chi connectivity index (χ4n) is 3.86. The molecule has 0 radical (unpaired) electrons. The van der Waals surface area contributed by atoms with E-state index in [0.29, 0.717) is 17.9 Å². The van der Waals surface area contributed by atoms with Gasteiger partial charge in [-0.15, -0.1) is 0 Å². The van der Waals surface area contributed by atoms with Gasteiger partial charge in [-0.25, -0.2) is 0 Å². The van der Waals surface area contributed by atoms with Crippen LogP contribution in [0, 0.1) is 5.92 Å². The lowest BCUT2D eigenvalue weighted by Crippen LogP contribution is -2.39. The van der Waals surface area contributed by atoms with E-state index in [9.17, 15) is 14.4 Å². The van der Waals surface area contributed by atoms with Gasteiger partial charge in [0, 0.05) is 23.5 Å². The zero-order valence-electron chi connectivity index (χ0n) is 21.8. The lowest BCUT2D eigenvalue weighted by Gasteiger charge is -2.25. The average molecular weight is 506 g/mol. The number of ether oxygens (including phenoxy) is 2. The van der Waals surface area contributed by atoms with Gasteiger partial charge < -0.3 is 25.4 Å². The largest absolute Gasteiger partial charge is 0.497 e. The molecule has 0 aliphatic rings. The molecule has 0 fully saturated rings. The summed E-state index contributed by atoms with van der Waals surface area (Å²) in [7, 11) is 1.63. The molecule has 0 aromatic heterocycles. The van der Waals surface area contributed by atoms with Gasteiger partial charge in [0.15, 0.2) is 0 Å². The standard InChI is InChI=1S/C29H35N3O5/c1-5-19(3)27(29(35)32-24-13-9-22-18-25(36-4)14-10-21(22)17-24)31-23-11-7-20(8-12-23)28(34)30-16-15-26(33)37-6-2/h7-14,17-19,27,31H,5-6,15-16H2,1-4H3,(H,30,34)(H,32,35). The third kappa shape index (κ3) is 7.70. The van der Waals surface area contributed by atoms with Crippen molar-refractivity contribution in [3.8, 4) is 5.75 Å². The molecule has 37 heavy (non-hydrogen) atoms. The van der Waals surface area contributed by atoms with Gasteiger partial charge in [-0.05, 0) is 72.1 Å². The molecule has 0 saturated heterocycles. The molecule has 8 heteroatoms. The molecule has 3 aromatic carbocycles. The summed E-state index contributed by atoms with van der Waals surface area (Å²) in [6.45, 7) is 6.32. The number of amides is 2. The molecule has 0 heterocycles. The van der Waals surface area contributed by atoms with Crippen molar-refractivity contribution in [2.45, 2.75) is 39.7 Å². The first-order valence-corrected chi connectivity index (χ1v) is 12.5. The van der Waals surface area contributed by atoms with E-state index in [4.69, 9.17) is 9.47 Å². The maximum Gasteiger partial charge on any atom is 0.307 e. The Morgan fingerprint density at radius 1 is 0.892 bits per heavy atom. The number of methoxy groups -OCH3 is 1. The first kappa shape index (κ1) is 27.5. The highest BCUT2D eigenvalue weighted by Crippen LogP contribution is 2.25. The summed E-state index contributed by atoms with van der Waals surface area (Å²) in [4.78, 5) is 37.0. The topological polar surface area (TPSA) is 106 Å². The SMILES string of the molecule is CCOC(=O)CCNC(=O)c1ccc(NC(C(=O)Nc2ccc3cc(OC)ccc3c2)C(C)CC)cc1. The van der Waals surface area contributed by atoms with Crippen LogP contribution in [0.1, 0.15) is 44.0 Å². The first-order chi connectivity index (χ1) is 17.8. The van der Waals surface area contributed by atoms with E-state index >= 15 is 0 Å². The summed E-state index contributed by atoms with van der Waals surface area (Å²) in [6, 6.07) is 18.0. The minimum absolute atomic E-state index is 0.0653. The van der Waals surface area contributed by atoms with Gasteiger partial charge in [0.05, 0.1) is 20.1 Å². The summed E-state index contributed by atoms with van der Waals surface area (Å²) >= 11 is 0. The summed E-state index contributed by atoms with van der Waals surface area (Å²) in [5.74, 6) is 0.0886. The second-order valence-electron chi connectivity index (χ2n) is 8.81. The van der Waals surface area contributed by atoms with Crippen LogP contribution in [-0.2, 0) is 14.3 Å². The van der Waals surface area contributed by atoms with Crippen LogP contribution in [-0.4, -0.2) is 44.1 Å². The van der Waals surface area contributed by atoms with Gasteiger partial charge in [0.2, 0.25) is 5.91 Å². The Labute approximate surface area is 217 Å². The van der Waals surface area contributed by atoms with Crippen LogP contribution in [0.25, 0.3) is 10.8 Å². The highest BCUT2D eigenvalue weighted by molar-refractivity contribution is 5.99. The highest BCUT2D eigenvalue weighted by Gasteiger charge is 2.24. The molecule has 196 valence electrons. The average Bonchev–Trinajstić information content (AvgIpc) is 2.91. The zero-order valence-corrected chi connectivity index (χ0v) is 21.8. The molecule has 0 aliphatic carbocycles. The molecule has 3 aromatic rings. The lowest BCUT2D eigenvalue weighted by molar-refractivity contribution is -0.142. The number of fused-ring (bicyclic) bond motifs is 1. The molecule has 2 amide bonds. The maximum absolute atomic E-state index is 13.3. The predicted molar refractivity (Wildman–Crippen MR) is 146 cm³/mol. The van der Waals surface area contributed by atoms with Gasteiger partial charge in [-0.2, -0.15) is 0 Å². The number of anilines is 2. The van der Waals surface area contributed by atoms with E-state index in [1.54, 1.807) is 38.3 Å². The predicted octanol–water partition coefficient (Wildman–Crippen LogP) is 5.00. The van der Waals surface area contributed by atoms with Crippen molar-refractivity contribution < 1.29 is 23.9 Å². The third-order valence-electron chi connectivity index (χ3n) is 6.20. The second-order valence-corrected chi connectivity index (χ2v) is 8.81. The first-order valence-electron chi connectivity index (χ1n) is 12.5. The summed E-state index contributed by atoms with van der Waals surface area (Å²) in [5, 5.41) is 11.1. The van der Waals surface area contributed by atoms with Crippen LogP contribution in [0.3, 0.4) is 0 Å². The Bertz CT molecular complexity index is 1230. The molecule has 0 spiro atoms. The van der Waals surface area contributed by atoms with Crippen molar-refractivity contribution in [3.05, 3.63) is 66.2 Å². The number of carbonyl (C=O) groups is 3.